The van der Waals surface area contributed by atoms with Crippen LogP contribution in [0.25, 0.3) is 11.0 Å². The standard InChI is InChI=1S/C16H27N5/c1-5-13(6-2)18-9-7-11-21-12(3)20-15-14(21)8-10-19-16(15)17-4/h8,10,13,18H,5-7,9,11H2,1-4H3,(H,17,19). The van der Waals surface area contributed by atoms with Gasteiger partial charge in [0.25, 0.3) is 0 Å². The zero-order chi connectivity index (χ0) is 15.2. The number of anilines is 1. The maximum Gasteiger partial charge on any atom is 0.153 e. The molecule has 0 amide bonds. The molecule has 0 saturated carbocycles. The Kier molecular flexibility index (Phi) is 5.56. The molecule has 0 spiro atoms. The van der Waals surface area contributed by atoms with E-state index < -0.39 is 0 Å². The van der Waals surface area contributed by atoms with Gasteiger partial charge in [0.1, 0.15) is 11.3 Å². The first-order valence-corrected chi connectivity index (χ1v) is 7.94. The number of aromatic nitrogens is 3. The molecule has 0 bridgehead atoms. The van der Waals surface area contributed by atoms with Gasteiger partial charge in [0.2, 0.25) is 0 Å². The number of nitrogens with one attached hydrogen (secondary N) is 2. The van der Waals surface area contributed by atoms with Crippen molar-refractivity contribution in [1.29, 1.82) is 0 Å². The topological polar surface area (TPSA) is 54.8 Å². The summed E-state index contributed by atoms with van der Waals surface area (Å²) in [6.07, 6.45) is 5.34. The molecule has 0 saturated heterocycles. The van der Waals surface area contributed by atoms with Crippen molar-refractivity contribution in [2.45, 2.75) is 52.6 Å². The van der Waals surface area contributed by atoms with Crippen molar-refractivity contribution in [3.05, 3.63) is 18.1 Å². The fourth-order valence-electron chi connectivity index (χ4n) is 2.75. The molecule has 116 valence electrons. The molecule has 0 aliphatic carbocycles. The Morgan fingerprint density at radius 1 is 1.29 bits per heavy atom. The Morgan fingerprint density at radius 3 is 2.71 bits per heavy atom. The van der Waals surface area contributed by atoms with Gasteiger partial charge in [0, 0.05) is 25.8 Å². The largest absolute Gasteiger partial charge is 0.371 e. The zero-order valence-electron chi connectivity index (χ0n) is 13.6. The van der Waals surface area contributed by atoms with Gasteiger partial charge in [0.05, 0.1) is 5.52 Å². The quantitative estimate of drug-likeness (QED) is 0.734. The molecule has 2 rings (SSSR count). The number of nitrogens with zero attached hydrogens (tertiary/aromatic N) is 3. The highest BCUT2D eigenvalue weighted by Crippen LogP contribution is 2.21. The first-order chi connectivity index (χ1) is 10.2. The van der Waals surface area contributed by atoms with E-state index in [0.717, 1.165) is 42.2 Å². The first-order valence-electron chi connectivity index (χ1n) is 7.94. The van der Waals surface area contributed by atoms with E-state index in [1.807, 2.05) is 19.3 Å². The van der Waals surface area contributed by atoms with Gasteiger partial charge in [-0.3, -0.25) is 0 Å². The summed E-state index contributed by atoms with van der Waals surface area (Å²) in [4.78, 5) is 8.97. The molecule has 2 N–H and O–H groups in total. The third-order valence-electron chi connectivity index (χ3n) is 4.07. The van der Waals surface area contributed by atoms with Gasteiger partial charge in [-0.2, -0.15) is 0 Å². The summed E-state index contributed by atoms with van der Waals surface area (Å²) < 4.78 is 2.28. The molecule has 0 radical (unpaired) electrons. The summed E-state index contributed by atoms with van der Waals surface area (Å²) in [6.45, 7) is 8.58. The average molecular weight is 289 g/mol. The second-order valence-corrected chi connectivity index (χ2v) is 5.41. The van der Waals surface area contributed by atoms with Crippen LogP contribution in [0.15, 0.2) is 12.3 Å². The fourth-order valence-corrected chi connectivity index (χ4v) is 2.75. The minimum absolute atomic E-state index is 0.644. The van der Waals surface area contributed by atoms with Gasteiger partial charge < -0.3 is 15.2 Å². The molecule has 0 fully saturated rings. The van der Waals surface area contributed by atoms with Crippen LogP contribution in [0.5, 0.6) is 0 Å². The van der Waals surface area contributed by atoms with Crippen LogP contribution in [0, 0.1) is 6.92 Å². The summed E-state index contributed by atoms with van der Waals surface area (Å²) in [5, 5.41) is 6.72. The fraction of sp³-hybridized carbons (Fsp3) is 0.625. The molecule has 2 aromatic heterocycles. The molecule has 21 heavy (non-hydrogen) atoms. The van der Waals surface area contributed by atoms with Crippen LogP contribution in [-0.4, -0.2) is 34.2 Å². The highest BCUT2D eigenvalue weighted by atomic mass is 15.1. The van der Waals surface area contributed by atoms with Gasteiger partial charge in [0.15, 0.2) is 5.82 Å². The molecule has 0 aliphatic heterocycles. The lowest BCUT2D eigenvalue weighted by Gasteiger charge is -2.15. The van der Waals surface area contributed by atoms with Crippen LogP contribution < -0.4 is 10.6 Å². The van der Waals surface area contributed by atoms with Crippen molar-refractivity contribution >= 4 is 16.9 Å². The Balaban J connectivity index is 2.04. The molecule has 5 heteroatoms. The summed E-state index contributed by atoms with van der Waals surface area (Å²) in [5.74, 6) is 1.90. The summed E-state index contributed by atoms with van der Waals surface area (Å²) in [7, 11) is 1.88. The second-order valence-electron chi connectivity index (χ2n) is 5.41. The average Bonchev–Trinajstić information content (AvgIpc) is 2.83. The van der Waals surface area contributed by atoms with E-state index in [1.54, 1.807) is 0 Å². The Hall–Kier alpha value is -1.62. The first kappa shape index (κ1) is 15.8. The van der Waals surface area contributed by atoms with Crippen LogP contribution >= 0.6 is 0 Å². The highest BCUT2D eigenvalue weighted by molar-refractivity contribution is 5.86. The molecule has 2 heterocycles. The van der Waals surface area contributed by atoms with Crippen molar-refractivity contribution < 1.29 is 0 Å². The van der Waals surface area contributed by atoms with Gasteiger partial charge in [-0.1, -0.05) is 13.8 Å². The number of imidazole rings is 1. The molecule has 0 atom stereocenters. The molecule has 2 aromatic rings. The van der Waals surface area contributed by atoms with Crippen LogP contribution in [0.4, 0.5) is 5.82 Å². The minimum Gasteiger partial charge on any atom is -0.371 e. The molecule has 0 unspecified atom stereocenters. The van der Waals surface area contributed by atoms with Crippen molar-refractivity contribution in [1.82, 2.24) is 19.9 Å². The van der Waals surface area contributed by atoms with Crippen molar-refractivity contribution in [3.8, 4) is 0 Å². The molecule has 0 aromatic carbocycles. The Labute approximate surface area is 127 Å². The van der Waals surface area contributed by atoms with Crippen molar-refractivity contribution in [3.63, 3.8) is 0 Å². The third-order valence-corrected chi connectivity index (χ3v) is 4.07. The van der Waals surface area contributed by atoms with E-state index in [1.165, 1.54) is 12.8 Å². The predicted octanol–water partition coefficient (Wildman–Crippen LogP) is 2.95. The van der Waals surface area contributed by atoms with E-state index in [-0.39, 0.29) is 0 Å². The van der Waals surface area contributed by atoms with E-state index in [9.17, 15) is 0 Å². The zero-order valence-corrected chi connectivity index (χ0v) is 13.6. The van der Waals surface area contributed by atoms with Crippen LogP contribution in [0.3, 0.4) is 0 Å². The second kappa shape index (κ2) is 7.41. The normalized spacial score (nSPS) is 11.5. The summed E-state index contributed by atoms with van der Waals surface area (Å²) >= 11 is 0. The van der Waals surface area contributed by atoms with E-state index in [4.69, 9.17) is 0 Å². The molecular formula is C16H27N5. The lowest BCUT2D eigenvalue weighted by atomic mass is 10.2. The Morgan fingerprint density at radius 2 is 2.05 bits per heavy atom. The molecule has 0 aliphatic rings. The predicted molar refractivity (Wildman–Crippen MR) is 88.8 cm³/mol. The van der Waals surface area contributed by atoms with Crippen molar-refractivity contribution in [2.75, 3.05) is 18.9 Å². The van der Waals surface area contributed by atoms with Crippen LogP contribution in [0.1, 0.15) is 38.9 Å². The molecule has 5 nitrogen and oxygen atoms in total. The smallest absolute Gasteiger partial charge is 0.153 e. The van der Waals surface area contributed by atoms with Crippen LogP contribution in [0.2, 0.25) is 0 Å². The number of hydrogen-bond donors (Lipinski definition) is 2. The lowest BCUT2D eigenvalue weighted by Crippen LogP contribution is -2.29. The Bertz CT molecular complexity index is 571. The van der Waals surface area contributed by atoms with Crippen LogP contribution in [-0.2, 0) is 6.54 Å². The van der Waals surface area contributed by atoms with Gasteiger partial charge in [-0.05, 0) is 38.8 Å². The number of aryl methyl sites for hydroxylation is 2. The van der Waals surface area contributed by atoms with Gasteiger partial charge >= 0.3 is 0 Å². The SMILES string of the molecule is CCC(CC)NCCCn1c(C)nc2c(NC)nccc21. The number of hydrogen-bond acceptors (Lipinski definition) is 4. The summed E-state index contributed by atoms with van der Waals surface area (Å²) in [5.41, 5.74) is 2.12. The summed E-state index contributed by atoms with van der Waals surface area (Å²) in [6, 6.07) is 2.69. The minimum atomic E-state index is 0.644. The molecular weight excluding hydrogens is 262 g/mol. The van der Waals surface area contributed by atoms with Gasteiger partial charge in [-0.25, -0.2) is 9.97 Å². The third kappa shape index (κ3) is 3.53. The van der Waals surface area contributed by atoms with Gasteiger partial charge in [-0.15, -0.1) is 0 Å². The van der Waals surface area contributed by atoms with E-state index in [2.05, 4.69) is 45.9 Å². The number of pyridine rings is 1. The maximum atomic E-state index is 4.65. The van der Waals surface area contributed by atoms with Crippen molar-refractivity contribution in [2.24, 2.45) is 0 Å². The monoisotopic (exact) mass is 289 g/mol. The highest BCUT2D eigenvalue weighted by Gasteiger charge is 2.11. The van der Waals surface area contributed by atoms with E-state index >= 15 is 0 Å². The maximum absolute atomic E-state index is 4.65. The number of fused-ring (bicyclic) bond motifs is 1. The number of rotatable bonds is 8. The lowest BCUT2D eigenvalue weighted by molar-refractivity contribution is 0.466. The van der Waals surface area contributed by atoms with E-state index in [0.29, 0.717) is 6.04 Å².